The molecule has 82 valence electrons. The summed E-state index contributed by atoms with van der Waals surface area (Å²) in [4.78, 5) is 11.4. The Morgan fingerprint density at radius 3 is 2.36 bits per heavy atom. The molecule has 0 spiro atoms. The van der Waals surface area contributed by atoms with E-state index in [0.29, 0.717) is 11.5 Å². The van der Waals surface area contributed by atoms with Gasteiger partial charge >= 0.3 is 5.97 Å². The first-order valence-corrected chi connectivity index (χ1v) is 5.18. The van der Waals surface area contributed by atoms with Crippen LogP contribution in [0.1, 0.15) is 40.5 Å². The average molecular weight is 199 g/mol. The molecule has 0 aromatic heterocycles. The summed E-state index contributed by atoms with van der Waals surface area (Å²) >= 11 is 0. The zero-order chi connectivity index (χ0) is 11.0. The van der Waals surface area contributed by atoms with E-state index in [1.807, 2.05) is 13.8 Å². The van der Waals surface area contributed by atoms with Crippen LogP contribution in [0.2, 0.25) is 0 Å². The van der Waals surface area contributed by atoms with Crippen molar-refractivity contribution in [1.29, 1.82) is 0 Å². The Labute approximate surface area is 86.2 Å². The third-order valence-electron chi connectivity index (χ3n) is 3.36. The van der Waals surface area contributed by atoms with Gasteiger partial charge in [-0.3, -0.25) is 10.1 Å². The van der Waals surface area contributed by atoms with E-state index in [0.717, 1.165) is 0 Å². The zero-order valence-electron chi connectivity index (χ0n) is 9.81. The molecule has 0 aliphatic heterocycles. The number of esters is 1. The Morgan fingerprint density at radius 1 is 1.50 bits per heavy atom. The second kappa shape index (κ2) is 3.54. The van der Waals surface area contributed by atoms with Crippen molar-refractivity contribution in [1.82, 2.24) is 5.32 Å². The maximum Gasteiger partial charge on any atom is 0.325 e. The third-order valence-corrected chi connectivity index (χ3v) is 3.36. The number of rotatable bonds is 4. The van der Waals surface area contributed by atoms with Crippen LogP contribution in [0.15, 0.2) is 0 Å². The van der Waals surface area contributed by atoms with Crippen molar-refractivity contribution < 1.29 is 9.53 Å². The highest BCUT2D eigenvalue weighted by Crippen LogP contribution is 2.48. The molecule has 1 fully saturated rings. The molecule has 1 saturated carbocycles. The van der Waals surface area contributed by atoms with Gasteiger partial charge < -0.3 is 4.74 Å². The van der Waals surface area contributed by atoms with Crippen molar-refractivity contribution in [2.75, 3.05) is 7.11 Å². The summed E-state index contributed by atoms with van der Waals surface area (Å²) in [6.07, 6.45) is 2.50. The van der Waals surface area contributed by atoms with Crippen LogP contribution < -0.4 is 5.32 Å². The molecule has 0 amide bonds. The number of hydrogen-bond donors (Lipinski definition) is 1. The summed E-state index contributed by atoms with van der Waals surface area (Å²) in [7, 11) is 1.43. The van der Waals surface area contributed by atoms with E-state index < -0.39 is 5.54 Å². The number of ether oxygens (including phenoxy) is 1. The van der Waals surface area contributed by atoms with Crippen LogP contribution in [0.5, 0.6) is 0 Å². The first kappa shape index (κ1) is 11.5. The van der Waals surface area contributed by atoms with Crippen molar-refractivity contribution in [3.05, 3.63) is 0 Å². The minimum Gasteiger partial charge on any atom is -0.468 e. The number of methoxy groups -OCH3 is 1. The fraction of sp³-hybridized carbons (Fsp3) is 0.909. The standard InChI is InChI=1S/C11H21NO2/c1-8(11(4)6-7-11)12-10(2,3)9(13)14-5/h8,12H,6-7H2,1-5H3. The van der Waals surface area contributed by atoms with E-state index in [-0.39, 0.29) is 5.97 Å². The maximum atomic E-state index is 11.4. The first-order valence-electron chi connectivity index (χ1n) is 5.18. The van der Waals surface area contributed by atoms with Gasteiger partial charge in [-0.25, -0.2) is 0 Å². The lowest BCUT2D eigenvalue weighted by Crippen LogP contribution is -2.53. The maximum absolute atomic E-state index is 11.4. The minimum atomic E-state index is -0.584. The molecule has 14 heavy (non-hydrogen) atoms. The Balaban J connectivity index is 2.54. The van der Waals surface area contributed by atoms with Crippen LogP contribution in [0.4, 0.5) is 0 Å². The molecule has 0 radical (unpaired) electrons. The van der Waals surface area contributed by atoms with Gasteiger partial charge in [-0.1, -0.05) is 6.92 Å². The van der Waals surface area contributed by atoms with E-state index in [4.69, 9.17) is 4.74 Å². The number of carbonyl (C=O) groups excluding carboxylic acids is 1. The molecule has 3 nitrogen and oxygen atoms in total. The van der Waals surface area contributed by atoms with Crippen LogP contribution in [0.3, 0.4) is 0 Å². The van der Waals surface area contributed by atoms with Gasteiger partial charge in [0.2, 0.25) is 0 Å². The van der Waals surface area contributed by atoms with Gasteiger partial charge in [0, 0.05) is 6.04 Å². The monoisotopic (exact) mass is 199 g/mol. The molecular formula is C11H21NO2. The highest BCUT2D eigenvalue weighted by Gasteiger charge is 2.45. The smallest absolute Gasteiger partial charge is 0.325 e. The Kier molecular flexibility index (Phi) is 2.91. The summed E-state index contributed by atoms with van der Waals surface area (Å²) in [6, 6.07) is 0.358. The molecule has 1 N–H and O–H groups in total. The average Bonchev–Trinajstić information content (AvgIpc) is 2.82. The lowest BCUT2D eigenvalue weighted by atomic mass is 9.96. The molecule has 0 aromatic rings. The van der Waals surface area contributed by atoms with Gasteiger partial charge in [0.15, 0.2) is 0 Å². The van der Waals surface area contributed by atoms with Gasteiger partial charge in [-0.15, -0.1) is 0 Å². The van der Waals surface area contributed by atoms with E-state index in [1.54, 1.807) is 0 Å². The van der Waals surface area contributed by atoms with E-state index in [2.05, 4.69) is 19.2 Å². The van der Waals surface area contributed by atoms with Crippen LogP contribution >= 0.6 is 0 Å². The van der Waals surface area contributed by atoms with E-state index in [9.17, 15) is 4.79 Å². The molecule has 0 bridgehead atoms. The van der Waals surface area contributed by atoms with E-state index >= 15 is 0 Å². The summed E-state index contributed by atoms with van der Waals surface area (Å²) in [5, 5.41) is 3.33. The predicted molar refractivity (Wildman–Crippen MR) is 56.0 cm³/mol. The van der Waals surface area contributed by atoms with Gasteiger partial charge in [0.05, 0.1) is 7.11 Å². The topological polar surface area (TPSA) is 38.3 Å². The van der Waals surface area contributed by atoms with Crippen LogP contribution in [0, 0.1) is 5.41 Å². The predicted octanol–water partition coefficient (Wildman–Crippen LogP) is 1.72. The lowest BCUT2D eigenvalue weighted by Gasteiger charge is -2.30. The second-order valence-electron chi connectivity index (χ2n) is 5.14. The molecule has 1 aliphatic rings. The summed E-state index contributed by atoms with van der Waals surface area (Å²) < 4.78 is 4.75. The quantitative estimate of drug-likeness (QED) is 0.701. The van der Waals surface area contributed by atoms with Crippen LogP contribution in [0.25, 0.3) is 0 Å². The first-order chi connectivity index (χ1) is 6.32. The molecule has 0 aromatic carbocycles. The number of hydrogen-bond acceptors (Lipinski definition) is 3. The zero-order valence-corrected chi connectivity index (χ0v) is 9.81. The second-order valence-corrected chi connectivity index (χ2v) is 5.14. The van der Waals surface area contributed by atoms with Gasteiger partial charge in [0.25, 0.3) is 0 Å². The highest BCUT2D eigenvalue weighted by molar-refractivity contribution is 5.79. The van der Waals surface area contributed by atoms with Crippen molar-refractivity contribution >= 4 is 5.97 Å². The van der Waals surface area contributed by atoms with Gasteiger partial charge in [-0.2, -0.15) is 0 Å². The normalized spacial score (nSPS) is 21.5. The van der Waals surface area contributed by atoms with Crippen molar-refractivity contribution in [2.24, 2.45) is 5.41 Å². The van der Waals surface area contributed by atoms with Gasteiger partial charge in [0.1, 0.15) is 5.54 Å². The Hall–Kier alpha value is -0.570. The van der Waals surface area contributed by atoms with Crippen LogP contribution in [-0.4, -0.2) is 24.7 Å². The van der Waals surface area contributed by atoms with Crippen molar-refractivity contribution in [3.63, 3.8) is 0 Å². The molecule has 3 heteroatoms. The highest BCUT2D eigenvalue weighted by atomic mass is 16.5. The van der Waals surface area contributed by atoms with Crippen LogP contribution in [-0.2, 0) is 9.53 Å². The number of carbonyl (C=O) groups is 1. The molecular weight excluding hydrogens is 178 g/mol. The molecule has 1 atom stereocenters. The molecule has 1 rings (SSSR count). The molecule has 1 unspecified atom stereocenters. The summed E-state index contributed by atoms with van der Waals surface area (Å²) in [5.74, 6) is -0.200. The Morgan fingerprint density at radius 2 is 2.00 bits per heavy atom. The minimum absolute atomic E-state index is 0.200. The fourth-order valence-corrected chi connectivity index (χ4v) is 1.66. The van der Waals surface area contributed by atoms with Crippen molar-refractivity contribution in [2.45, 2.75) is 52.1 Å². The Bertz CT molecular complexity index is 231. The molecule has 0 saturated heterocycles. The molecule has 0 heterocycles. The lowest BCUT2D eigenvalue weighted by molar-refractivity contribution is -0.147. The van der Waals surface area contributed by atoms with Crippen molar-refractivity contribution in [3.8, 4) is 0 Å². The largest absolute Gasteiger partial charge is 0.468 e. The van der Waals surface area contributed by atoms with Gasteiger partial charge in [-0.05, 0) is 39.0 Å². The summed E-state index contributed by atoms with van der Waals surface area (Å²) in [6.45, 7) is 8.11. The van der Waals surface area contributed by atoms with E-state index in [1.165, 1.54) is 20.0 Å². The fourth-order valence-electron chi connectivity index (χ4n) is 1.66. The molecule has 1 aliphatic carbocycles. The summed E-state index contributed by atoms with van der Waals surface area (Å²) in [5.41, 5.74) is -0.203. The third kappa shape index (κ3) is 2.27. The number of nitrogens with one attached hydrogen (secondary N) is 1. The SMILES string of the molecule is COC(=O)C(C)(C)NC(C)C1(C)CC1.